The Morgan fingerprint density at radius 3 is 2.38 bits per heavy atom. The van der Waals surface area contributed by atoms with Crippen molar-refractivity contribution in [2.75, 3.05) is 12.4 Å². The molecule has 110 valence electrons. The summed E-state index contributed by atoms with van der Waals surface area (Å²) in [5, 5.41) is 12.0. The topological polar surface area (TPSA) is 84.6 Å². The number of hydrogen-bond acceptors (Lipinski definition) is 4. The van der Waals surface area contributed by atoms with Crippen molar-refractivity contribution in [2.24, 2.45) is 5.73 Å². The molecule has 1 atom stereocenters. The molecule has 21 heavy (non-hydrogen) atoms. The molecule has 2 aromatic rings. The summed E-state index contributed by atoms with van der Waals surface area (Å²) in [7, 11) is 1.58. The SMILES string of the molecule is COc1ccc(NC(=O)[C@@H](N)Cc2ccc(O)cc2)cc1. The van der Waals surface area contributed by atoms with Crippen molar-refractivity contribution in [3.05, 3.63) is 54.1 Å². The van der Waals surface area contributed by atoms with Gasteiger partial charge in [0.1, 0.15) is 11.5 Å². The van der Waals surface area contributed by atoms with E-state index in [1.54, 1.807) is 55.6 Å². The van der Waals surface area contributed by atoms with E-state index in [4.69, 9.17) is 10.5 Å². The zero-order valence-corrected chi connectivity index (χ0v) is 11.7. The third-order valence-corrected chi connectivity index (χ3v) is 3.09. The Bertz CT molecular complexity index is 594. The lowest BCUT2D eigenvalue weighted by Gasteiger charge is -2.12. The molecule has 0 saturated carbocycles. The summed E-state index contributed by atoms with van der Waals surface area (Å²) in [5.74, 6) is 0.657. The smallest absolute Gasteiger partial charge is 0.241 e. The predicted octanol–water partition coefficient (Wildman–Crippen LogP) is 1.91. The largest absolute Gasteiger partial charge is 0.508 e. The molecule has 0 bridgehead atoms. The molecule has 0 aliphatic heterocycles. The van der Waals surface area contributed by atoms with Crippen LogP contribution >= 0.6 is 0 Å². The summed E-state index contributed by atoms with van der Waals surface area (Å²) in [6.07, 6.45) is 0.405. The number of anilines is 1. The monoisotopic (exact) mass is 286 g/mol. The molecule has 1 amide bonds. The van der Waals surface area contributed by atoms with Gasteiger partial charge in [0.2, 0.25) is 5.91 Å². The lowest BCUT2D eigenvalue weighted by atomic mass is 10.1. The number of hydrogen-bond donors (Lipinski definition) is 3. The second-order valence-electron chi connectivity index (χ2n) is 4.69. The van der Waals surface area contributed by atoms with E-state index in [0.29, 0.717) is 12.1 Å². The van der Waals surface area contributed by atoms with Crippen LogP contribution in [0.15, 0.2) is 48.5 Å². The van der Waals surface area contributed by atoms with E-state index in [1.165, 1.54) is 0 Å². The number of carbonyl (C=O) groups excluding carboxylic acids is 1. The van der Waals surface area contributed by atoms with Crippen LogP contribution in [-0.2, 0) is 11.2 Å². The fraction of sp³-hybridized carbons (Fsp3) is 0.188. The van der Waals surface area contributed by atoms with Crippen LogP contribution < -0.4 is 15.8 Å². The quantitative estimate of drug-likeness (QED) is 0.784. The zero-order chi connectivity index (χ0) is 15.2. The van der Waals surface area contributed by atoms with E-state index in [2.05, 4.69) is 5.32 Å². The number of amides is 1. The van der Waals surface area contributed by atoms with Crippen molar-refractivity contribution < 1.29 is 14.6 Å². The van der Waals surface area contributed by atoms with Gasteiger partial charge in [0.05, 0.1) is 13.2 Å². The minimum atomic E-state index is -0.656. The van der Waals surface area contributed by atoms with E-state index < -0.39 is 6.04 Å². The maximum Gasteiger partial charge on any atom is 0.241 e. The molecule has 0 heterocycles. The highest BCUT2D eigenvalue weighted by Crippen LogP contribution is 2.16. The number of aromatic hydroxyl groups is 1. The Balaban J connectivity index is 1.93. The Labute approximate surface area is 123 Å². The first-order chi connectivity index (χ1) is 10.1. The van der Waals surface area contributed by atoms with Crippen LogP contribution in [-0.4, -0.2) is 24.2 Å². The van der Waals surface area contributed by atoms with Crippen LogP contribution in [0, 0.1) is 0 Å². The lowest BCUT2D eigenvalue weighted by molar-refractivity contribution is -0.117. The van der Waals surface area contributed by atoms with Gasteiger partial charge in [-0.2, -0.15) is 0 Å². The summed E-state index contributed by atoms with van der Waals surface area (Å²) in [6, 6.07) is 13.0. The van der Waals surface area contributed by atoms with Crippen molar-refractivity contribution in [3.8, 4) is 11.5 Å². The molecule has 0 aromatic heterocycles. The Morgan fingerprint density at radius 1 is 1.19 bits per heavy atom. The molecule has 0 saturated heterocycles. The third-order valence-electron chi connectivity index (χ3n) is 3.09. The Hall–Kier alpha value is -2.53. The predicted molar refractivity (Wildman–Crippen MR) is 81.4 cm³/mol. The van der Waals surface area contributed by atoms with Gasteiger partial charge >= 0.3 is 0 Å². The van der Waals surface area contributed by atoms with Gasteiger partial charge in [0.25, 0.3) is 0 Å². The first kappa shape index (κ1) is 14.9. The highest BCUT2D eigenvalue weighted by atomic mass is 16.5. The van der Waals surface area contributed by atoms with Gasteiger partial charge in [-0.1, -0.05) is 12.1 Å². The van der Waals surface area contributed by atoms with Gasteiger partial charge in [0, 0.05) is 5.69 Å². The van der Waals surface area contributed by atoms with Crippen LogP contribution in [0.3, 0.4) is 0 Å². The van der Waals surface area contributed by atoms with Crippen LogP contribution in [0.25, 0.3) is 0 Å². The fourth-order valence-electron chi connectivity index (χ4n) is 1.89. The van der Waals surface area contributed by atoms with Crippen LogP contribution in [0.5, 0.6) is 11.5 Å². The molecule has 2 rings (SSSR count). The average Bonchev–Trinajstić information content (AvgIpc) is 2.50. The summed E-state index contributed by atoms with van der Waals surface area (Å²) in [4.78, 5) is 12.0. The van der Waals surface area contributed by atoms with E-state index in [9.17, 15) is 9.90 Å². The van der Waals surface area contributed by atoms with E-state index in [0.717, 1.165) is 11.3 Å². The first-order valence-corrected chi connectivity index (χ1v) is 6.57. The highest BCUT2D eigenvalue weighted by molar-refractivity contribution is 5.94. The third kappa shape index (κ3) is 4.22. The minimum absolute atomic E-state index is 0.190. The molecule has 0 aliphatic carbocycles. The fourth-order valence-corrected chi connectivity index (χ4v) is 1.89. The molecule has 0 fully saturated rings. The molecule has 4 N–H and O–H groups in total. The Morgan fingerprint density at radius 2 is 1.81 bits per heavy atom. The average molecular weight is 286 g/mol. The number of carbonyl (C=O) groups is 1. The van der Waals surface area contributed by atoms with Gasteiger partial charge < -0.3 is 20.9 Å². The molecular weight excluding hydrogens is 268 g/mol. The van der Waals surface area contributed by atoms with Crippen LogP contribution in [0.2, 0.25) is 0 Å². The van der Waals surface area contributed by atoms with Crippen molar-refractivity contribution in [3.63, 3.8) is 0 Å². The number of nitrogens with one attached hydrogen (secondary N) is 1. The zero-order valence-electron chi connectivity index (χ0n) is 11.7. The summed E-state index contributed by atoms with van der Waals surface area (Å²) >= 11 is 0. The summed E-state index contributed by atoms with van der Waals surface area (Å²) in [5.41, 5.74) is 7.45. The number of benzene rings is 2. The van der Waals surface area contributed by atoms with E-state index in [-0.39, 0.29) is 11.7 Å². The number of phenols is 1. The van der Waals surface area contributed by atoms with E-state index in [1.807, 2.05) is 0 Å². The van der Waals surface area contributed by atoms with Crippen molar-refractivity contribution in [1.29, 1.82) is 0 Å². The molecule has 5 nitrogen and oxygen atoms in total. The molecule has 0 radical (unpaired) electrons. The van der Waals surface area contributed by atoms with Gasteiger partial charge in [-0.05, 0) is 48.4 Å². The molecular formula is C16H18N2O3. The maximum atomic E-state index is 12.0. The number of rotatable bonds is 5. The van der Waals surface area contributed by atoms with Gasteiger partial charge in [0.15, 0.2) is 0 Å². The van der Waals surface area contributed by atoms with Gasteiger partial charge in [-0.25, -0.2) is 0 Å². The molecule has 5 heteroatoms. The van der Waals surface area contributed by atoms with Gasteiger partial charge in [-0.15, -0.1) is 0 Å². The second-order valence-corrected chi connectivity index (χ2v) is 4.69. The van der Waals surface area contributed by atoms with Crippen molar-refractivity contribution in [2.45, 2.75) is 12.5 Å². The summed E-state index contributed by atoms with van der Waals surface area (Å²) < 4.78 is 5.05. The standard InChI is InChI=1S/C16H18N2O3/c1-21-14-8-4-12(5-9-14)18-16(20)15(17)10-11-2-6-13(19)7-3-11/h2-9,15,19H,10,17H2,1H3,(H,18,20)/t15-/m0/s1. The number of phenolic OH excluding ortho intramolecular Hbond substituents is 1. The highest BCUT2D eigenvalue weighted by Gasteiger charge is 2.14. The van der Waals surface area contributed by atoms with E-state index >= 15 is 0 Å². The first-order valence-electron chi connectivity index (χ1n) is 6.57. The lowest BCUT2D eigenvalue weighted by Crippen LogP contribution is -2.37. The molecule has 0 aliphatic rings. The van der Waals surface area contributed by atoms with Crippen LogP contribution in [0.4, 0.5) is 5.69 Å². The van der Waals surface area contributed by atoms with Crippen molar-refractivity contribution >= 4 is 11.6 Å². The Kier molecular flexibility index (Phi) is 4.79. The minimum Gasteiger partial charge on any atom is -0.508 e. The second kappa shape index (κ2) is 6.76. The number of ether oxygens (including phenoxy) is 1. The van der Waals surface area contributed by atoms with Crippen LogP contribution in [0.1, 0.15) is 5.56 Å². The summed E-state index contributed by atoms with van der Waals surface area (Å²) in [6.45, 7) is 0. The number of nitrogens with two attached hydrogens (primary N) is 1. The normalized spacial score (nSPS) is 11.7. The maximum absolute atomic E-state index is 12.0. The molecule has 0 unspecified atom stereocenters. The molecule has 2 aromatic carbocycles. The number of methoxy groups -OCH3 is 1. The van der Waals surface area contributed by atoms with Gasteiger partial charge in [-0.3, -0.25) is 4.79 Å². The molecule has 0 spiro atoms. The van der Waals surface area contributed by atoms with Crippen molar-refractivity contribution in [1.82, 2.24) is 0 Å².